The summed E-state index contributed by atoms with van der Waals surface area (Å²) < 4.78 is 0. The van der Waals surface area contributed by atoms with Gasteiger partial charge in [0.1, 0.15) is 0 Å². The van der Waals surface area contributed by atoms with E-state index in [1.165, 1.54) is 11.1 Å². The topological polar surface area (TPSA) is 23.5 Å². The number of rotatable bonds is 6. The fourth-order valence-corrected chi connectivity index (χ4v) is 1.63. The summed E-state index contributed by atoms with van der Waals surface area (Å²) in [6.45, 7) is 8.38. The van der Waals surface area contributed by atoms with Crippen LogP contribution in [0.15, 0.2) is 36.9 Å². The van der Waals surface area contributed by atoms with Crippen molar-refractivity contribution in [1.29, 1.82) is 0 Å². The van der Waals surface area contributed by atoms with Gasteiger partial charge in [-0.25, -0.2) is 0 Å². The molecule has 2 nitrogen and oxygen atoms in total. The third kappa shape index (κ3) is 4.28. The van der Waals surface area contributed by atoms with Gasteiger partial charge in [0.2, 0.25) is 0 Å². The van der Waals surface area contributed by atoms with Crippen molar-refractivity contribution in [1.82, 2.24) is 4.90 Å². The average Bonchev–Trinajstić information content (AvgIpc) is 2.18. The minimum Gasteiger partial charge on any atom is -0.395 e. The quantitative estimate of drug-likeness (QED) is 0.718. The number of hydrogen-bond donors (Lipinski definition) is 1. The molecule has 1 aromatic rings. The number of aliphatic hydroxyl groups is 1. The van der Waals surface area contributed by atoms with Gasteiger partial charge in [0.05, 0.1) is 6.61 Å². The lowest BCUT2D eigenvalue weighted by atomic mass is 10.1. The number of benzene rings is 1. The third-order valence-electron chi connectivity index (χ3n) is 2.29. The first-order chi connectivity index (χ1) is 7.26. The van der Waals surface area contributed by atoms with Crippen LogP contribution in [0.4, 0.5) is 0 Å². The average molecular weight is 205 g/mol. The first-order valence-electron chi connectivity index (χ1n) is 5.26. The molecular formula is C13H19NO. The van der Waals surface area contributed by atoms with Gasteiger partial charge >= 0.3 is 0 Å². The van der Waals surface area contributed by atoms with Crippen molar-refractivity contribution in [2.24, 2.45) is 0 Å². The van der Waals surface area contributed by atoms with Gasteiger partial charge in [-0.05, 0) is 12.5 Å². The van der Waals surface area contributed by atoms with E-state index in [1.807, 2.05) is 6.08 Å². The molecular weight excluding hydrogens is 186 g/mol. The molecule has 2 heteroatoms. The summed E-state index contributed by atoms with van der Waals surface area (Å²) in [7, 11) is 0. The number of nitrogens with zero attached hydrogens (tertiary/aromatic N) is 1. The molecule has 0 aliphatic heterocycles. The van der Waals surface area contributed by atoms with Crippen LogP contribution >= 0.6 is 0 Å². The molecule has 1 N–H and O–H groups in total. The van der Waals surface area contributed by atoms with Gasteiger partial charge in [-0.3, -0.25) is 4.90 Å². The van der Waals surface area contributed by atoms with Crippen molar-refractivity contribution >= 4 is 0 Å². The Morgan fingerprint density at radius 3 is 2.87 bits per heavy atom. The van der Waals surface area contributed by atoms with Crippen molar-refractivity contribution in [3.63, 3.8) is 0 Å². The maximum atomic E-state index is 8.92. The fraction of sp³-hybridized carbons (Fsp3) is 0.385. The molecule has 0 aliphatic carbocycles. The minimum atomic E-state index is 0.194. The molecule has 1 rings (SSSR count). The van der Waals surface area contributed by atoms with Crippen LogP contribution < -0.4 is 0 Å². The standard InChI is InChI=1S/C13H19NO/c1-3-7-14(8-9-15)11-13-6-4-5-12(2)10-13/h3-6,10,15H,1,7-9,11H2,2H3. The van der Waals surface area contributed by atoms with Crippen LogP contribution in [0.1, 0.15) is 11.1 Å². The van der Waals surface area contributed by atoms with Crippen LogP contribution in [-0.4, -0.2) is 29.7 Å². The Balaban J connectivity index is 2.60. The summed E-state index contributed by atoms with van der Waals surface area (Å²) in [5, 5.41) is 8.92. The summed E-state index contributed by atoms with van der Waals surface area (Å²) in [4.78, 5) is 2.17. The summed E-state index contributed by atoms with van der Waals surface area (Å²) in [5.41, 5.74) is 2.56. The largest absolute Gasteiger partial charge is 0.395 e. The van der Waals surface area contributed by atoms with E-state index in [0.717, 1.165) is 13.1 Å². The van der Waals surface area contributed by atoms with Crippen LogP contribution in [0.25, 0.3) is 0 Å². The predicted octanol–water partition coefficient (Wildman–Crippen LogP) is 1.98. The Hall–Kier alpha value is -1.12. The predicted molar refractivity (Wildman–Crippen MR) is 63.7 cm³/mol. The number of aryl methyl sites for hydroxylation is 1. The van der Waals surface area contributed by atoms with Gasteiger partial charge < -0.3 is 5.11 Å². The zero-order chi connectivity index (χ0) is 11.1. The summed E-state index contributed by atoms with van der Waals surface area (Å²) in [5.74, 6) is 0. The SMILES string of the molecule is C=CCN(CCO)Cc1cccc(C)c1. The Morgan fingerprint density at radius 2 is 2.27 bits per heavy atom. The molecule has 0 spiro atoms. The van der Waals surface area contributed by atoms with Crippen molar-refractivity contribution in [3.8, 4) is 0 Å². The van der Waals surface area contributed by atoms with Crippen LogP contribution in [0.5, 0.6) is 0 Å². The highest BCUT2D eigenvalue weighted by Gasteiger charge is 2.03. The monoisotopic (exact) mass is 205 g/mol. The van der Waals surface area contributed by atoms with E-state index >= 15 is 0 Å². The van der Waals surface area contributed by atoms with Gasteiger partial charge in [-0.1, -0.05) is 35.9 Å². The Labute approximate surface area is 91.9 Å². The van der Waals surface area contributed by atoms with Crippen LogP contribution in [0.3, 0.4) is 0 Å². The van der Waals surface area contributed by atoms with Crippen LogP contribution in [0.2, 0.25) is 0 Å². The maximum Gasteiger partial charge on any atom is 0.0558 e. The molecule has 0 heterocycles. The van der Waals surface area contributed by atoms with Gasteiger partial charge in [0, 0.05) is 19.6 Å². The molecule has 15 heavy (non-hydrogen) atoms. The smallest absolute Gasteiger partial charge is 0.0558 e. The zero-order valence-corrected chi connectivity index (χ0v) is 9.32. The highest BCUT2D eigenvalue weighted by Crippen LogP contribution is 2.07. The lowest BCUT2D eigenvalue weighted by Crippen LogP contribution is -2.26. The van der Waals surface area contributed by atoms with Gasteiger partial charge in [-0.15, -0.1) is 6.58 Å². The highest BCUT2D eigenvalue weighted by atomic mass is 16.3. The van der Waals surface area contributed by atoms with Crippen LogP contribution in [0, 0.1) is 6.92 Å². The molecule has 0 aliphatic rings. The van der Waals surface area contributed by atoms with Crippen molar-refractivity contribution < 1.29 is 5.11 Å². The molecule has 0 fully saturated rings. The van der Waals surface area contributed by atoms with Crippen molar-refractivity contribution in [2.45, 2.75) is 13.5 Å². The lowest BCUT2D eigenvalue weighted by Gasteiger charge is -2.19. The summed E-state index contributed by atoms with van der Waals surface area (Å²) >= 11 is 0. The molecule has 82 valence electrons. The van der Waals surface area contributed by atoms with Gasteiger partial charge in [-0.2, -0.15) is 0 Å². The van der Waals surface area contributed by atoms with Crippen LogP contribution in [-0.2, 0) is 6.54 Å². The van der Waals surface area contributed by atoms with E-state index in [9.17, 15) is 0 Å². The first kappa shape index (κ1) is 12.0. The number of aliphatic hydroxyl groups excluding tert-OH is 1. The molecule has 0 saturated carbocycles. The van der Waals surface area contributed by atoms with Crippen molar-refractivity contribution in [2.75, 3.05) is 19.7 Å². The second-order valence-corrected chi connectivity index (χ2v) is 3.74. The minimum absolute atomic E-state index is 0.194. The maximum absolute atomic E-state index is 8.92. The Morgan fingerprint density at radius 1 is 1.47 bits per heavy atom. The molecule has 0 radical (unpaired) electrons. The lowest BCUT2D eigenvalue weighted by molar-refractivity contribution is 0.203. The van der Waals surface area contributed by atoms with E-state index in [-0.39, 0.29) is 6.61 Å². The second kappa shape index (κ2) is 6.38. The van der Waals surface area contributed by atoms with E-state index in [2.05, 4.69) is 42.7 Å². The Kier molecular flexibility index (Phi) is 5.08. The van der Waals surface area contributed by atoms with E-state index in [0.29, 0.717) is 6.54 Å². The summed E-state index contributed by atoms with van der Waals surface area (Å²) in [6, 6.07) is 8.44. The van der Waals surface area contributed by atoms with Crippen molar-refractivity contribution in [3.05, 3.63) is 48.0 Å². The van der Waals surface area contributed by atoms with Gasteiger partial charge in [0.25, 0.3) is 0 Å². The normalized spacial score (nSPS) is 10.6. The van der Waals surface area contributed by atoms with E-state index in [4.69, 9.17) is 5.11 Å². The van der Waals surface area contributed by atoms with E-state index < -0.39 is 0 Å². The highest BCUT2D eigenvalue weighted by molar-refractivity contribution is 5.22. The third-order valence-corrected chi connectivity index (χ3v) is 2.29. The molecule has 0 amide bonds. The molecule has 0 saturated heterocycles. The first-order valence-corrected chi connectivity index (χ1v) is 5.26. The summed E-state index contributed by atoms with van der Waals surface area (Å²) in [6.07, 6.45) is 1.87. The molecule has 0 bridgehead atoms. The second-order valence-electron chi connectivity index (χ2n) is 3.74. The fourth-order valence-electron chi connectivity index (χ4n) is 1.63. The van der Waals surface area contributed by atoms with Gasteiger partial charge in [0.15, 0.2) is 0 Å². The molecule has 0 atom stereocenters. The van der Waals surface area contributed by atoms with E-state index in [1.54, 1.807) is 0 Å². The Bertz CT molecular complexity index is 309. The number of hydrogen-bond acceptors (Lipinski definition) is 2. The zero-order valence-electron chi connectivity index (χ0n) is 9.32. The molecule has 0 aromatic heterocycles. The molecule has 1 aromatic carbocycles. The molecule has 0 unspecified atom stereocenters.